The van der Waals surface area contributed by atoms with Gasteiger partial charge >= 0.3 is 5.97 Å². The second-order valence-corrected chi connectivity index (χ2v) is 11.1. The number of amides is 1. The zero-order chi connectivity index (χ0) is 32.3. The summed E-state index contributed by atoms with van der Waals surface area (Å²) in [6, 6.07) is 39.4. The lowest BCUT2D eigenvalue weighted by Gasteiger charge is -2.23. The number of anilines is 1. The van der Waals surface area contributed by atoms with Crippen molar-refractivity contribution in [3.63, 3.8) is 0 Å². The topological polar surface area (TPSA) is 95.9 Å². The molecule has 1 atom stereocenters. The number of carbonyl (C=O) groups excluding carboxylic acids is 2. The maximum atomic E-state index is 13.3. The van der Waals surface area contributed by atoms with Gasteiger partial charge in [0.25, 0.3) is 5.91 Å². The van der Waals surface area contributed by atoms with Crippen LogP contribution in [0.4, 0.5) is 5.69 Å². The monoisotopic (exact) mass is 612 g/mol. The van der Waals surface area contributed by atoms with E-state index in [-0.39, 0.29) is 24.7 Å². The summed E-state index contributed by atoms with van der Waals surface area (Å²) in [6.07, 6.45) is 0.194. The molecule has 0 bridgehead atoms. The standard InChI is InChI=1S/C39H36N2O5/c1-28-11-10-12-30(25-28)27-41(38(43)32-15-6-3-7-16-32)23-24-46-33-21-19-29(20-22-33)26-36(39(44)45)40-35-18-9-8-17-34(35)37(42)31-13-4-2-5-14-31/h2-22,25,36,40H,23-24,26-27H2,1H3,(H,44,45)/t36-/m0/s1. The Balaban J connectivity index is 1.21. The van der Waals surface area contributed by atoms with Crippen LogP contribution >= 0.6 is 0 Å². The van der Waals surface area contributed by atoms with Crippen LogP contribution in [0.5, 0.6) is 5.75 Å². The molecule has 0 unspecified atom stereocenters. The highest BCUT2D eigenvalue weighted by atomic mass is 16.5. The van der Waals surface area contributed by atoms with Gasteiger partial charge in [-0.1, -0.05) is 103 Å². The molecule has 0 aliphatic rings. The van der Waals surface area contributed by atoms with Crippen molar-refractivity contribution in [1.82, 2.24) is 4.90 Å². The molecule has 7 nitrogen and oxygen atoms in total. The van der Waals surface area contributed by atoms with Crippen LogP contribution in [0.2, 0.25) is 0 Å². The number of carbonyl (C=O) groups is 3. The Labute approximate surface area is 269 Å². The first kappa shape index (κ1) is 31.7. The van der Waals surface area contributed by atoms with Gasteiger partial charge < -0.3 is 20.1 Å². The highest BCUT2D eigenvalue weighted by molar-refractivity contribution is 6.12. The van der Waals surface area contributed by atoms with Crippen molar-refractivity contribution in [2.45, 2.75) is 25.9 Å². The number of hydrogen-bond donors (Lipinski definition) is 2. The number of nitrogens with one attached hydrogen (secondary N) is 1. The van der Waals surface area contributed by atoms with Crippen molar-refractivity contribution in [1.29, 1.82) is 0 Å². The molecule has 0 aromatic heterocycles. The molecule has 0 heterocycles. The van der Waals surface area contributed by atoms with Gasteiger partial charge in [0.15, 0.2) is 5.78 Å². The minimum absolute atomic E-state index is 0.0692. The molecular weight excluding hydrogens is 576 g/mol. The van der Waals surface area contributed by atoms with Crippen LogP contribution in [0.25, 0.3) is 0 Å². The van der Waals surface area contributed by atoms with Crippen LogP contribution in [0.3, 0.4) is 0 Å². The molecule has 0 aliphatic heterocycles. The van der Waals surface area contributed by atoms with E-state index < -0.39 is 12.0 Å². The molecule has 0 spiro atoms. The van der Waals surface area contributed by atoms with E-state index in [1.165, 1.54) is 0 Å². The van der Waals surface area contributed by atoms with Crippen LogP contribution in [-0.4, -0.2) is 46.9 Å². The van der Waals surface area contributed by atoms with E-state index in [1.54, 1.807) is 65.6 Å². The number of hydrogen-bond acceptors (Lipinski definition) is 5. The van der Waals surface area contributed by atoms with Gasteiger partial charge in [-0.25, -0.2) is 4.79 Å². The maximum Gasteiger partial charge on any atom is 0.326 e. The Hall–Kier alpha value is -5.69. The molecule has 0 saturated carbocycles. The highest BCUT2D eigenvalue weighted by Gasteiger charge is 2.22. The van der Waals surface area contributed by atoms with E-state index in [2.05, 4.69) is 11.4 Å². The number of ether oxygens (including phenoxy) is 1. The molecule has 2 N–H and O–H groups in total. The average molecular weight is 613 g/mol. The molecule has 5 rings (SSSR count). The number of nitrogens with zero attached hydrogens (tertiary/aromatic N) is 1. The molecule has 5 aromatic rings. The molecule has 0 radical (unpaired) electrons. The number of carboxylic acid groups (broad SMARTS) is 1. The van der Waals surface area contributed by atoms with Crippen LogP contribution in [0.1, 0.15) is 43.0 Å². The second kappa shape index (κ2) is 15.3. The SMILES string of the molecule is Cc1cccc(CN(CCOc2ccc(C[C@H](Nc3ccccc3C(=O)c3ccccc3)C(=O)O)cc2)C(=O)c2ccccc2)c1. The molecular formula is C39H36N2O5. The van der Waals surface area contributed by atoms with E-state index in [4.69, 9.17) is 4.74 Å². The lowest BCUT2D eigenvalue weighted by atomic mass is 10.00. The molecule has 232 valence electrons. The van der Waals surface area contributed by atoms with Crippen molar-refractivity contribution in [3.05, 3.63) is 167 Å². The number of aryl methyl sites for hydroxylation is 1. The number of rotatable bonds is 14. The smallest absolute Gasteiger partial charge is 0.326 e. The van der Waals surface area contributed by atoms with Crippen molar-refractivity contribution < 1.29 is 24.2 Å². The van der Waals surface area contributed by atoms with Crippen LogP contribution in [0, 0.1) is 6.92 Å². The van der Waals surface area contributed by atoms with Crippen molar-refractivity contribution in [3.8, 4) is 5.75 Å². The van der Waals surface area contributed by atoms with E-state index in [9.17, 15) is 19.5 Å². The molecule has 0 saturated heterocycles. The summed E-state index contributed by atoms with van der Waals surface area (Å²) in [5, 5.41) is 13.1. The van der Waals surface area contributed by atoms with E-state index >= 15 is 0 Å². The van der Waals surface area contributed by atoms with Gasteiger partial charge in [-0.15, -0.1) is 0 Å². The van der Waals surface area contributed by atoms with E-state index in [1.807, 2.05) is 73.7 Å². The maximum absolute atomic E-state index is 13.3. The van der Waals surface area contributed by atoms with Gasteiger partial charge in [0.2, 0.25) is 0 Å². The largest absolute Gasteiger partial charge is 0.492 e. The summed E-state index contributed by atoms with van der Waals surface area (Å²) < 4.78 is 6.01. The van der Waals surface area contributed by atoms with Gasteiger partial charge in [-0.05, 0) is 54.4 Å². The Kier molecular flexibility index (Phi) is 10.6. The Morgan fingerprint density at radius 1 is 0.739 bits per heavy atom. The third kappa shape index (κ3) is 8.48. The van der Waals surface area contributed by atoms with Crippen molar-refractivity contribution >= 4 is 23.3 Å². The number of benzene rings is 5. The Morgan fingerprint density at radius 3 is 2.07 bits per heavy atom. The predicted octanol–water partition coefficient (Wildman–Crippen LogP) is 7.06. The molecule has 46 heavy (non-hydrogen) atoms. The summed E-state index contributed by atoms with van der Waals surface area (Å²) in [4.78, 5) is 40.5. The van der Waals surface area contributed by atoms with Crippen LogP contribution in [0.15, 0.2) is 133 Å². The average Bonchev–Trinajstić information content (AvgIpc) is 3.08. The fraction of sp³-hybridized carbons (Fsp3) is 0.154. The van der Waals surface area contributed by atoms with Crippen LogP contribution < -0.4 is 10.1 Å². The minimum atomic E-state index is -1.03. The Bertz CT molecular complexity index is 1770. The number of aliphatic carboxylic acids is 1. The normalized spacial score (nSPS) is 11.3. The molecule has 5 aromatic carbocycles. The summed E-state index contributed by atoms with van der Waals surface area (Å²) in [7, 11) is 0. The summed E-state index contributed by atoms with van der Waals surface area (Å²) in [6.45, 7) is 3.16. The highest BCUT2D eigenvalue weighted by Crippen LogP contribution is 2.22. The Morgan fingerprint density at radius 2 is 1.39 bits per heavy atom. The van der Waals surface area contributed by atoms with Gasteiger partial charge in [-0.3, -0.25) is 9.59 Å². The first-order valence-corrected chi connectivity index (χ1v) is 15.2. The molecule has 0 aliphatic carbocycles. The first-order valence-electron chi connectivity index (χ1n) is 15.2. The van der Waals surface area contributed by atoms with Crippen LogP contribution in [-0.2, 0) is 17.8 Å². The number of ketones is 1. The fourth-order valence-electron chi connectivity index (χ4n) is 5.22. The van der Waals surface area contributed by atoms with Gasteiger partial charge in [0.05, 0.1) is 6.54 Å². The summed E-state index contributed by atoms with van der Waals surface area (Å²) in [5.74, 6) is -0.665. The summed E-state index contributed by atoms with van der Waals surface area (Å²) in [5.41, 5.74) is 4.98. The predicted molar refractivity (Wildman–Crippen MR) is 179 cm³/mol. The van der Waals surface area contributed by atoms with Gasteiger partial charge in [0, 0.05) is 35.3 Å². The lowest BCUT2D eigenvalue weighted by Crippen LogP contribution is -2.34. The zero-order valence-corrected chi connectivity index (χ0v) is 25.6. The van der Waals surface area contributed by atoms with Crippen molar-refractivity contribution in [2.75, 3.05) is 18.5 Å². The third-order valence-corrected chi connectivity index (χ3v) is 7.59. The number of para-hydroxylation sites is 1. The molecule has 0 fully saturated rings. The minimum Gasteiger partial charge on any atom is -0.492 e. The van der Waals surface area contributed by atoms with Gasteiger partial charge in [0.1, 0.15) is 18.4 Å². The summed E-state index contributed by atoms with van der Waals surface area (Å²) >= 11 is 0. The fourth-order valence-corrected chi connectivity index (χ4v) is 5.22. The lowest BCUT2D eigenvalue weighted by molar-refractivity contribution is -0.137. The third-order valence-electron chi connectivity index (χ3n) is 7.59. The first-order chi connectivity index (χ1) is 22.4. The number of carboxylic acids is 1. The second-order valence-electron chi connectivity index (χ2n) is 11.1. The zero-order valence-electron chi connectivity index (χ0n) is 25.6. The van der Waals surface area contributed by atoms with E-state index in [0.29, 0.717) is 41.2 Å². The quantitative estimate of drug-likeness (QED) is 0.131. The van der Waals surface area contributed by atoms with Gasteiger partial charge in [-0.2, -0.15) is 0 Å². The molecule has 1 amide bonds. The molecule has 7 heteroatoms. The van der Waals surface area contributed by atoms with Crippen molar-refractivity contribution in [2.24, 2.45) is 0 Å². The van der Waals surface area contributed by atoms with E-state index in [0.717, 1.165) is 16.7 Å².